The van der Waals surface area contributed by atoms with Crippen molar-refractivity contribution in [3.63, 3.8) is 0 Å². The molecule has 0 saturated carbocycles. The summed E-state index contributed by atoms with van der Waals surface area (Å²) in [6, 6.07) is 11.9. The van der Waals surface area contributed by atoms with Crippen molar-refractivity contribution in [2.24, 2.45) is 5.92 Å². The summed E-state index contributed by atoms with van der Waals surface area (Å²) in [5.74, 6) is -0.150. The third-order valence-electron chi connectivity index (χ3n) is 4.70. The zero-order chi connectivity index (χ0) is 19.3. The van der Waals surface area contributed by atoms with Gasteiger partial charge in [0.15, 0.2) is 0 Å². The van der Waals surface area contributed by atoms with Crippen LogP contribution in [0.4, 0.5) is 0 Å². The van der Waals surface area contributed by atoms with Gasteiger partial charge in [-0.05, 0) is 55.0 Å². The van der Waals surface area contributed by atoms with E-state index in [0.717, 1.165) is 6.42 Å². The molecule has 1 aromatic carbocycles. The standard InChI is InChI=1S/C19H21N3O3S2/c20-14-15-3-5-18(6-4-15)27(24,25)22-11-8-16(9-12-22)19(23)21-10-7-17-2-1-13-26-17/h1-6,13,16H,7-12H2,(H,21,23). The second kappa shape index (κ2) is 8.65. The molecular formula is C19H21N3O3S2. The van der Waals surface area contributed by atoms with Gasteiger partial charge >= 0.3 is 0 Å². The van der Waals surface area contributed by atoms with E-state index in [0.29, 0.717) is 38.0 Å². The largest absolute Gasteiger partial charge is 0.355 e. The lowest BCUT2D eigenvalue weighted by molar-refractivity contribution is -0.126. The maximum atomic E-state index is 12.7. The van der Waals surface area contributed by atoms with E-state index in [1.807, 2.05) is 23.6 Å². The first-order chi connectivity index (χ1) is 13.0. The number of nitrogens with zero attached hydrogens (tertiary/aromatic N) is 2. The minimum absolute atomic E-state index is 0.00183. The Morgan fingerprint density at radius 3 is 2.52 bits per heavy atom. The molecule has 27 heavy (non-hydrogen) atoms. The van der Waals surface area contributed by atoms with Gasteiger partial charge in [-0.25, -0.2) is 8.42 Å². The van der Waals surface area contributed by atoms with Crippen LogP contribution < -0.4 is 5.32 Å². The van der Waals surface area contributed by atoms with E-state index in [1.165, 1.54) is 33.4 Å². The van der Waals surface area contributed by atoms with E-state index in [2.05, 4.69) is 5.32 Å². The summed E-state index contributed by atoms with van der Waals surface area (Å²) in [7, 11) is -3.59. The zero-order valence-electron chi connectivity index (χ0n) is 14.8. The Morgan fingerprint density at radius 1 is 1.22 bits per heavy atom. The first kappa shape index (κ1) is 19.5. The molecule has 142 valence electrons. The maximum Gasteiger partial charge on any atom is 0.243 e. The molecule has 2 heterocycles. The summed E-state index contributed by atoms with van der Waals surface area (Å²) >= 11 is 1.67. The van der Waals surface area contributed by atoms with Crippen molar-refractivity contribution in [3.8, 4) is 6.07 Å². The van der Waals surface area contributed by atoms with E-state index >= 15 is 0 Å². The van der Waals surface area contributed by atoms with Crippen molar-refractivity contribution >= 4 is 27.3 Å². The average molecular weight is 404 g/mol. The highest BCUT2D eigenvalue weighted by atomic mass is 32.2. The van der Waals surface area contributed by atoms with Gasteiger partial charge in [0.05, 0.1) is 16.5 Å². The molecule has 1 fully saturated rings. The van der Waals surface area contributed by atoms with Gasteiger partial charge in [0, 0.05) is 30.4 Å². The van der Waals surface area contributed by atoms with Gasteiger partial charge in [0.1, 0.15) is 0 Å². The third kappa shape index (κ3) is 4.75. The van der Waals surface area contributed by atoms with Crippen LogP contribution in [0.5, 0.6) is 0 Å². The number of rotatable bonds is 6. The quantitative estimate of drug-likeness (QED) is 0.802. The maximum absolute atomic E-state index is 12.7. The third-order valence-corrected chi connectivity index (χ3v) is 7.55. The Morgan fingerprint density at radius 2 is 1.93 bits per heavy atom. The molecule has 0 unspecified atom stereocenters. The van der Waals surface area contributed by atoms with E-state index in [1.54, 1.807) is 11.3 Å². The molecule has 8 heteroatoms. The Hall–Kier alpha value is -2.21. The SMILES string of the molecule is N#Cc1ccc(S(=O)(=O)N2CCC(C(=O)NCCc3cccs3)CC2)cc1. The van der Waals surface area contributed by atoms with Crippen molar-refractivity contribution in [1.82, 2.24) is 9.62 Å². The normalized spacial score (nSPS) is 16.0. The van der Waals surface area contributed by atoms with Crippen LogP contribution in [0, 0.1) is 17.2 Å². The number of piperidine rings is 1. The number of thiophene rings is 1. The molecule has 1 aliphatic heterocycles. The Labute approximate surface area is 163 Å². The van der Waals surface area contributed by atoms with Crippen molar-refractivity contribution in [3.05, 3.63) is 52.2 Å². The first-order valence-electron chi connectivity index (χ1n) is 8.81. The molecule has 1 saturated heterocycles. The molecule has 1 aliphatic rings. The van der Waals surface area contributed by atoms with Crippen LogP contribution in [0.2, 0.25) is 0 Å². The number of carbonyl (C=O) groups is 1. The highest BCUT2D eigenvalue weighted by Gasteiger charge is 2.31. The van der Waals surface area contributed by atoms with E-state index < -0.39 is 10.0 Å². The number of hydrogen-bond donors (Lipinski definition) is 1. The second-order valence-corrected chi connectivity index (χ2v) is 9.41. The Balaban J connectivity index is 1.51. The fraction of sp³-hybridized carbons (Fsp3) is 0.368. The van der Waals surface area contributed by atoms with Gasteiger partial charge < -0.3 is 5.32 Å². The molecule has 0 radical (unpaired) electrons. The van der Waals surface area contributed by atoms with E-state index in [-0.39, 0.29) is 16.7 Å². The molecule has 0 spiro atoms. The lowest BCUT2D eigenvalue weighted by atomic mass is 9.97. The fourth-order valence-electron chi connectivity index (χ4n) is 3.12. The Bertz CT molecular complexity index is 908. The molecule has 3 rings (SSSR count). The van der Waals surface area contributed by atoms with Gasteiger partial charge in [-0.3, -0.25) is 4.79 Å². The summed E-state index contributed by atoms with van der Waals surface area (Å²) < 4.78 is 26.8. The molecule has 0 atom stereocenters. The number of amides is 1. The number of hydrogen-bond acceptors (Lipinski definition) is 5. The smallest absolute Gasteiger partial charge is 0.243 e. The monoisotopic (exact) mass is 403 g/mol. The molecule has 1 amide bonds. The van der Waals surface area contributed by atoms with Crippen LogP contribution in [0.1, 0.15) is 23.3 Å². The lowest BCUT2D eigenvalue weighted by Gasteiger charge is -2.30. The van der Waals surface area contributed by atoms with Gasteiger partial charge in [-0.1, -0.05) is 6.07 Å². The summed E-state index contributed by atoms with van der Waals surface area (Å²) in [6.07, 6.45) is 1.84. The summed E-state index contributed by atoms with van der Waals surface area (Å²) in [6.45, 7) is 1.25. The van der Waals surface area contributed by atoms with E-state index in [9.17, 15) is 13.2 Å². The molecule has 2 aromatic rings. The predicted molar refractivity (Wildman–Crippen MR) is 104 cm³/mol. The number of benzene rings is 1. The van der Waals surface area contributed by atoms with Crippen LogP contribution in [-0.2, 0) is 21.2 Å². The lowest BCUT2D eigenvalue weighted by Crippen LogP contribution is -2.43. The minimum Gasteiger partial charge on any atom is -0.355 e. The highest BCUT2D eigenvalue weighted by Crippen LogP contribution is 2.24. The van der Waals surface area contributed by atoms with Crippen LogP contribution in [0.3, 0.4) is 0 Å². The summed E-state index contributed by atoms with van der Waals surface area (Å²) in [4.78, 5) is 13.7. The first-order valence-corrected chi connectivity index (χ1v) is 11.1. The number of nitriles is 1. The van der Waals surface area contributed by atoms with Gasteiger partial charge in [0.25, 0.3) is 0 Å². The zero-order valence-corrected chi connectivity index (χ0v) is 16.4. The minimum atomic E-state index is -3.59. The molecule has 1 aromatic heterocycles. The van der Waals surface area contributed by atoms with Gasteiger partial charge in [-0.2, -0.15) is 9.57 Å². The Kier molecular flexibility index (Phi) is 6.26. The number of nitrogens with one attached hydrogen (secondary N) is 1. The van der Waals surface area contributed by atoms with Gasteiger partial charge in [0.2, 0.25) is 15.9 Å². The van der Waals surface area contributed by atoms with Gasteiger partial charge in [-0.15, -0.1) is 11.3 Å². The summed E-state index contributed by atoms with van der Waals surface area (Å²) in [5, 5.41) is 13.8. The van der Waals surface area contributed by atoms with Crippen molar-refractivity contribution < 1.29 is 13.2 Å². The van der Waals surface area contributed by atoms with Crippen LogP contribution >= 0.6 is 11.3 Å². The topological polar surface area (TPSA) is 90.3 Å². The molecular weight excluding hydrogens is 382 g/mol. The molecule has 1 N–H and O–H groups in total. The molecule has 6 nitrogen and oxygen atoms in total. The van der Waals surface area contributed by atoms with E-state index in [4.69, 9.17) is 5.26 Å². The highest BCUT2D eigenvalue weighted by molar-refractivity contribution is 7.89. The molecule has 0 bridgehead atoms. The van der Waals surface area contributed by atoms with Crippen molar-refractivity contribution in [2.75, 3.05) is 19.6 Å². The predicted octanol–water partition coefficient (Wildman–Crippen LogP) is 2.38. The number of carbonyl (C=O) groups excluding carboxylic acids is 1. The number of sulfonamides is 1. The average Bonchev–Trinajstić information content (AvgIpc) is 3.21. The van der Waals surface area contributed by atoms with Crippen LogP contribution in [-0.4, -0.2) is 38.3 Å². The van der Waals surface area contributed by atoms with Crippen molar-refractivity contribution in [1.29, 1.82) is 5.26 Å². The van der Waals surface area contributed by atoms with Crippen LogP contribution in [0.15, 0.2) is 46.7 Å². The summed E-state index contributed by atoms with van der Waals surface area (Å²) in [5.41, 5.74) is 0.423. The fourth-order valence-corrected chi connectivity index (χ4v) is 5.30. The van der Waals surface area contributed by atoms with Crippen molar-refractivity contribution in [2.45, 2.75) is 24.2 Å². The second-order valence-electron chi connectivity index (χ2n) is 6.43. The molecule has 0 aliphatic carbocycles. The van der Waals surface area contributed by atoms with Crippen LogP contribution in [0.25, 0.3) is 0 Å².